The van der Waals surface area contributed by atoms with Crippen molar-refractivity contribution in [2.45, 2.75) is 13.5 Å². The molecule has 0 amide bonds. The third kappa shape index (κ3) is 3.11. The molecule has 0 N–H and O–H groups in total. The number of para-hydroxylation sites is 1. The molecule has 106 valence electrons. The van der Waals surface area contributed by atoms with E-state index < -0.39 is 0 Å². The van der Waals surface area contributed by atoms with Crippen LogP contribution in [0.5, 0.6) is 0 Å². The number of hydrogen-bond donors (Lipinski definition) is 0. The van der Waals surface area contributed by atoms with Crippen LogP contribution in [-0.4, -0.2) is 17.2 Å². The van der Waals surface area contributed by atoms with Gasteiger partial charge in [0.15, 0.2) is 0 Å². The molecule has 0 saturated heterocycles. The lowest BCUT2D eigenvalue weighted by molar-refractivity contribution is 0.503. The molecule has 0 aliphatic heterocycles. The average Bonchev–Trinajstić information content (AvgIpc) is 2.97. The summed E-state index contributed by atoms with van der Waals surface area (Å²) in [6.45, 7) is 2.64. The molecule has 0 aliphatic rings. The largest absolute Gasteiger partial charge is 0.419 e. The molecule has 21 heavy (non-hydrogen) atoms. The highest BCUT2D eigenvalue weighted by atomic mass is 16.4. The van der Waals surface area contributed by atoms with Crippen LogP contribution in [0.2, 0.25) is 0 Å². The molecule has 0 saturated carbocycles. The van der Waals surface area contributed by atoms with Crippen LogP contribution in [0.4, 0.5) is 5.69 Å². The van der Waals surface area contributed by atoms with Gasteiger partial charge in [0.2, 0.25) is 11.8 Å². The maximum atomic E-state index is 5.74. The van der Waals surface area contributed by atoms with E-state index in [9.17, 15) is 0 Å². The Kier molecular flexibility index (Phi) is 3.69. The SMILES string of the molecule is Cc1ccc(-c2nnc(CN(C)c3ccccc3)o2)cc1. The van der Waals surface area contributed by atoms with Crippen LogP contribution in [-0.2, 0) is 6.54 Å². The molecule has 0 bridgehead atoms. The number of aryl methyl sites for hydroxylation is 1. The Morgan fingerprint density at radius 3 is 2.38 bits per heavy atom. The molecule has 4 nitrogen and oxygen atoms in total. The van der Waals surface area contributed by atoms with E-state index >= 15 is 0 Å². The van der Waals surface area contributed by atoms with Gasteiger partial charge < -0.3 is 9.32 Å². The van der Waals surface area contributed by atoms with Crippen molar-refractivity contribution in [3.63, 3.8) is 0 Å². The average molecular weight is 279 g/mol. The summed E-state index contributed by atoms with van der Waals surface area (Å²) in [6, 6.07) is 18.2. The number of benzene rings is 2. The number of nitrogens with zero attached hydrogens (tertiary/aromatic N) is 3. The maximum absolute atomic E-state index is 5.74. The summed E-state index contributed by atoms with van der Waals surface area (Å²) >= 11 is 0. The molecular weight excluding hydrogens is 262 g/mol. The first kappa shape index (κ1) is 13.4. The number of anilines is 1. The minimum atomic E-state index is 0.562. The minimum absolute atomic E-state index is 0.562. The topological polar surface area (TPSA) is 42.2 Å². The maximum Gasteiger partial charge on any atom is 0.247 e. The van der Waals surface area contributed by atoms with Crippen LogP contribution in [0.15, 0.2) is 59.0 Å². The van der Waals surface area contributed by atoms with E-state index in [1.165, 1.54) is 5.56 Å². The predicted molar refractivity (Wildman–Crippen MR) is 83.0 cm³/mol. The van der Waals surface area contributed by atoms with Gasteiger partial charge in [-0.1, -0.05) is 35.9 Å². The summed E-state index contributed by atoms with van der Waals surface area (Å²) in [4.78, 5) is 2.08. The monoisotopic (exact) mass is 279 g/mol. The van der Waals surface area contributed by atoms with Gasteiger partial charge in [0.25, 0.3) is 0 Å². The molecule has 1 aromatic heterocycles. The molecule has 3 rings (SSSR count). The van der Waals surface area contributed by atoms with Gasteiger partial charge in [-0.3, -0.25) is 0 Å². The van der Waals surface area contributed by atoms with Gasteiger partial charge in [0, 0.05) is 18.3 Å². The van der Waals surface area contributed by atoms with Crippen LogP contribution in [0, 0.1) is 6.92 Å². The predicted octanol–water partition coefficient (Wildman–Crippen LogP) is 3.68. The van der Waals surface area contributed by atoms with E-state index in [2.05, 4.69) is 34.2 Å². The summed E-state index contributed by atoms with van der Waals surface area (Å²) in [6.07, 6.45) is 0. The normalized spacial score (nSPS) is 10.6. The van der Waals surface area contributed by atoms with Gasteiger partial charge in [-0.15, -0.1) is 10.2 Å². The molecule has 0 aliphatic carbocycles. The first-order valence-corrected chi connectivity index (χ1v) is 6.88. The van der Waals surface area contributed by atoms with E-state index in [1.807, 2.05) is 49.5 Å². The Morgan fingerprint density at radius 2 is 1.67 bits per heavy atom. The van der Waals surface area contributed by atoms with Crippen LogP contribution < -0.4 is 4.90 Å². The number of hydrogen-bond acceptors (Lipinski definition) is 4. The van der Waals surface area contributed by atoms with Crippen molar-refractivity contribution in [3.05, 3.63) is 66.1 Å². The Labute approximate surface area is 124 Å². The molecule has 0 atom stereocenters. The van der Waals surface area contributed by atoms with Gasteiger partial charge in [-0.25, -0.2) is 0 Å². The minimum Gasteiger partial charge on any atom is -0.419 e. The zero-order chi connectivity index (χ0) is 14.7. The van der Waals surface area contributed by atoms with Crippen molar-refractivity contribution in [1.82, 2.24) is 10.2 Å². The molecule has 0 radical (unpaired) electrons. The van der Waals surface area contributed by atoms with Crippen molar-refractivity contribution in [3.8, 4) is 11.5 Å². The molecule has 1 heterocycles. The van der Waals surface area contributed by atoms with E-state index in [0.717, 1.165) is 11.3 Å². The molecule has 2 aromatic carbocycles. The lowest BCUT2D eigenvalue weighted by atomic mass is 10.1. The summed E-state index contributed by atoms with van der Waals surface area (Å²) in [5.74, 6) is 1.17. The van der Waals surface area contributed by atoms with E-state index in [4.69, 9.17) is 4.42 Å². The van der Waals surface area contributed by atoms with Crippen molar-refractivity contribution in [2.24, 2.45) is 0 Å². The summed E-state index contributed by atoms with van der Waals surface area (Å²) in [5.41, 5.74) is 3.27. The summed E-state index contributed by atoms with van der Waals surface area (Å²) < 4.78 is 5.74. The van der Waals surface area contributed by atoms with Gasteiger partial charge in [0.05, 0.1) is 6.54 Å². The highest BCUT2D eigenvalue weighted by molar-refractivity contribution is 5.53. The fourth-order valence-electron chi connectivity index (χ4n) is 2.11. The fraction of sp³-hybridized carbons (Fsp3) is 0.176. The van der Waals surface area contributed by atoms with Crippen molar-refractivity contribution < 1.29 is 4.42 Å². The lowest BCUT2D eigenvalue weighted by Crippen LogP contribution is -2.16. The van der Waals surface area contributed by atoms with Crippen LogP contribution in [0.3, 0.4) is 0 Å². The highest BCUT2D eigenvalue weighted by Crippen LogP contribution is 2.20. The van der Waals surface area contributed by atoms with Gasteiger partial charge in [-0.2, -0.15) is 0 Å². The second kappa shape index (κ2) is 5.79. The third-order valence-corrected chi connectivity index (χ3v) is 3.33. The molecule has 0 fully saturated rings. The second-order valence-electron chi connectivity index (χ2n) is 5.06. The molecular formula is C17H17N3O. The van der Waals surface area contributed by atoms with Gasteiger partial charge >= 0.3 is 0 Å². The third-order valence-electron chi connectivity index (χ3n) is 3.33. The summed E-state index contributed by atoms with van der Waals surface area (Å²) in [5, 5.41) is 8.24. The molecule has 0 spiro atoms. The van der Waals surface area contributed by atoms with Crippen LogP contribution >= 0.6 is 0 Å². The quantitative estimate of drug-likeness (QED) is 0.730. The zero-order valence-electron chi connectivity index (χ0n) is 12.2. The van der Waals surface area contributed by atoms with E-state index in [0.29, 0.717) is 18.3 Å². The van der Waals surface area contributed by atoms with E-state index in [-0.39, 0.29) is 0 Å². The Bertz CT molecular complexity index is 704. The fourth-order valence-corrected chi connectivity index (χ4v) is 2.11. The number of aromatic nitrogens is 2. The first-order valence-electron chi connectivity index (χ1n) is 6.88. The Balaban J connectivity index is 1.75. The second-order valence-corrected chi connectivity index (χ2v) is 5.06. The van der Waals surface area contributed by atoms with Crippen molar-refractivity contribution in [2.75, 3.05) is 11.9 Å². The zero-order valence-corrected chi connectivity index (χ0v) is 12.2. The highest BCUT2D eigenvalue weighted by Gasteiger charge is 2.10. The van der Waals surface area contributed by atoms with E-state index in [1.54, 1.807) is 0 Å². The Morgan fingerprint density at radius 1 is 0.952 bits per heavy atom. The van der Waals surface area contributed by atoms with Crippen LogP contribution in [0.25, 0.3) is 11.5 Å². The van der Waals surface area contributed by atoms with Crippen LogP contribution in [0.1, 0.15) is 11.5 Å². The van der Waals surface area contributed by atoms with Gasteiger partial charge in [0.1, 0.15) is 0 Å². The molecule has 4 heteroatoms. The number of rotatable bonds is 4. The molecule has 3 aromatic rings. The van der Waals surface area contributed by atoms with Crippen molar-refractivity contribution in [1.29, 1.82) is 0 Å². The molecule has 0 unspecified atom stereocenters. The standard InChI is InChI=1S/C17H17N3O/c1-13-8-10-14(11-9-13)17-19-18-16(21-17)12-20(2)15-6-4-3-5-7-15/h3-11H,12H2,1-2H3. The smallest absolute Gasteiger partial charge is 0.247 e. The first-order chi connectivity index (χ1) is 10.2. The lowest BCUT2D eigenvalue weighted by Gasteiger charge is -2.16. The Hall–Kier alpha value is -2.62. The van der Waals surface area contributed by atoms with Gasteiger partial charge in [-0.05, 0) is 31.2 Å². The van der Waals surface area contributed by atoms with Crippen molar-refractivity contribution >= 4 is 5.69 Å². The summed E-state index contributed by atoms with van der Waals surface area (Å²) in [7, 11) is 2.01.